The van der Waals surface area contributed by atoms with Gasteiger partial charge in [0.15, 0.2) is 11.4 Å². The summed E-state index contributed by atoms with van der Waals surface area (Å²) in [5.74, 6) is -0.0876. The first kappa shape index (κ1) is 17.7. The summed E-state index contributed by atoms with van der Waals surface area (Å²) in [6, 6.07) is 24.5. The molecule has 4 aromatic rings. The Morgan fingerprint density at radius 3 is 2.29 bits per heavy atom. The van der Waals surface area contributed by atoms with Gasteiger partial charge in [-0.3, -0.25) is 0 Å². The third-order valence-corrected chi connectivity index (χ3v) is 4.57. The predicted molar refractivity (Wildman–Crippen MR) is 108 cm³/mol. The number of carboxylic acid groups (broad SMARTS) is 1. The second kappa shape index (κ2) is 7.48. The Hall–Kier alpha value is -3.73. The molecular formula is C23H19NO4. The molecular weight excluding hydrogens is 354 g/mol. The van der Waals surface area contributed by atoms with Gasteiger partial charge in [-0.2, -0.15) is 0 Å². The van der Waals surface area contributed by atoms with Gasteiger partial charge in [0.1, 0.15) is 12.4 Å². The topological polar surface area (TPSA) is 60.7 Å². The Balaban J connectivity index is 1.93. The van der Waals surface area contributed by atoms with E-state index in [1.54, 1.807) is 11.7 Å². The lowest BCUT2D eigenvalue weighted by Gasteiger charge is -2.10. The molecule has 0 amide bonds. The number of ether oxygens (including phenoxy) is 2. The molecule has 0 saturated carbocycles. The summed E-state index contributed by atoms with van der Waals surface area (Å²) in [5.41, 5.74) is 2.55. The third kappa shape index (κ3) is 3.18. The molecule has 0 bridgehead atoms. The Labute approximate surface area is 162 Å². The zero-order valence-electron chi connectivity index (χ0n) is 15.3. The lowest BCUT2D eigenvalue weighted by Crippen LogP contribution is -2.09. The molecule has 0 fully saturated rings. The monoisotopic (exact) mass is 373 g/mol. The molecule has 0 aliphatic carbocycles. The predicted octanol–water partition coefficient (Wildman–Crippen LogP) is 4.92. The first-order valence-electron chi connectivity index (χ1n) is 8.87. The Kier molecular flexibility index (Phi) is 4.72. The van der Waals surface area contributed by atoms with E-state index in [-0.39, 0.29) is 12.3 Å². The number of aromatic nitrogens is 1. The molecule has 5 nitrogen and oxygen atoms in total. The maximum atomic E-state index is 12.2. The molecule has 0 radical (unpaired) electrons. The maximum Gasteiger partial charge on any atom is 0.356 e. The molecule has 3 aromatic carbocycles. The quantitative estimate of drug-likeness (QED) is 0.521. The van der Waals surface area contributed by atoms with E-state index in [1.165, 1.54) is 0 Å². The second-order valence-corrected chi connectivity index (χ2v) is 6.31. The maximum absolute atomic E-state index is 12.2. The zero-order chi connectivity index (χ0) is 19.5. The zero-order valence-corrected chi connectivity index (χ0v) is 15.3. The van der Waals surface area contributed by atoms with E-state index in [1.807, 2.05) is 78.9 Å². The van der Waals surface area contributed by atoms with Crippen molar-refractivity contribution in [2.75, 3.05) is 7.11 Å². The van der Waals surface area contributed by atoms with Crippen LogP contribution in [0.4, 0.5) is 0 Å². The number of para-hydroxylation sites is 1. The van der Waals surface area contributed by atoms with Crippen molar-refractivity contribution in [3.8, 4) is 17.2 Å². The van der Waals surface area contributed by atoms with Crippen LogP contribution in [0.1, 0.15) is 16.1 Å². The first-order chi connectivity index (χ1) is 13.7. The fourth-order valence-corrected chi connectivity index (χ4v) is 3.28. The molecule has 4 rings (SSSR count). The van der Waals surface area contributed by atoms with Gasteiger partial charge in [-0.1, -0.05) is 48.5 Å². The number of hydrogen-bond acceptors (Lipinski definition) is 3. The molecule has 140 valence electrons. The second-order valence-electron chi connectivity index (χ2n) is 6.31. The first-order valence-corrected chi connectivity index (χ1v) is 8.87. The van der Waals surface area contributed by atoms with Crippen molar-refractivity contribution in [1.82, 2.24) is 4.57 Å². The fraction of sp³-hybridized carbons (Fsp3) is 0.0870. The van der Waals surface area contributed by atoms with Crippen LogP contribution < -0.4 is 9.47 Å². The van der Waals surface area contributed by atoms with Crippen molar-refractivity contribution < 1.29 is 19.4 Å². The van der Waals surface area contributed by atoms with Crippen molar-refractivity contribution in [2.45, 2.75) is 6.61 Å². The van der Waals surface area contributed by atoms with Crippen LogP contribution in [0, 0.1) is 0 Å². The van der Waals surface area contributed by atoms with Crippen LogP contribution in [-0.2, 0) is 6.61 Å². The van der Waals surface area contributed by atoms with Gasteiger partial charge >= 0.3 is 5.97 Å². The van der Waals surface area contributed by atoms with E-state index in [2.05, 4.69) is 0 Å². The highest BCUT2D eigenvalue weighted by atomic mass is 16.5. The minimum absolute atomic E-state index is 0.0883. The minimum atomic E-state index is -1.05. The van der Waals surface area contributed by atoms with E-state index in [0.29, 0.717) is 16.9 Å². The van der Waals surface area contributed by atoms with Gasteiger partial charge in [0.2, 0.25) is 0 Å². The van der Waals surface area contributed by atoms with Crippen LogP contribution in [0.25, 0.3) is 16.6 Å². The summed E-state index contributed by atoms with van der Waals surface area (Å²) in [6.07, 6.45) is 0. The number of hydrogen-bond donors (Lipinski definition) is 1. The average Bonchev–Trinajstić information content (AvgIpc) is 3.07. The Bertz CT molecular complexity index is 1120. The van der Waals surface area contributed by atoms with E-state index in [4.69, 9.17) is 9.47 Å². The Morgan fingerprint density at radius 2 is 1.64 bits per heavy atom. The highest BCUT2D eigenvalue weighted by molar-refractivity contribution is 6.02. The van der Waals surface area contributed by atoms with Crippen molar-refractivity contribution >= 4 is 16.9 Å². The normalized spacial score (nSPS) is 10.8. The van der Waals surface area contributed by atoms with E-state index in [0.717, 1.165) is 16.8 Å². The highest BCUT2D eigenvalue weighted by Crippen LogP contribution is 2.38. The molecule has 0 aliphatic heterocycles. The molecule has 0 atom stereocenters. The largest absolute Gasteiger partial charge is 0.497 e. The summed E-state index contributed by atoms with van der Waals surface area (Å²) in [6.45, 7) is 0.270. The van der Waals surface area contributed by atoms with Crippen LogP contribution in [-0.4, -0.2) is 22.8 Å². The molecule has 0 spiro atoms. The van der Waals surface area contributed by atoms with E-state index < -0.39 is 5.97 Å². The highest BCUT2D eigenvalue weighted by Gasteiger charge is 2.25. The lowest BCUT2D eigenvalue weighted by molar-refractivity contribution is 0.0683. The molecule has 28 heavy (non-hydrogen) atoms. The van der Waals surface area contributed by atoms with Gasteiger partial charge in [-0.05, 0) is 35.9 Å². The van der Waals surface area contributed by atoms with E-state index in [9.17, 15) is 9.90 Å². The van der Waals surface area contributed by atoms with Gasteiger partial charge in [0.05, 0.1) is 12.6 Å². The standard InChI is InChI=1S/C23H19NO4/c1-27-18-12-13-20-19(14-18)22(28-15-16-8-4-2-5-9-16)21(23(25)26)24(20)17-10-6-3-7-11-17/h2-14H,15H2,1H3,(H,25,26). The van der Waals surface area contributed by atoms with Crippen molar-refractivity contribution in [2.24, 2.45) is 0 Å². The van der Waals surface area contributed by atoms with Gasteiger partial charge < -0.3 is 19.1 Å². The molecule has 0 aliphatic rings. The van der Waals surface area contributed by atoms with Crippen LogP contribution >= 0.6 is 0 Å². The van der Waals surface area contributed by atoms with Crippen molar-refractivity contribution in [3.63, 3.8) is 0 Å². The molecule has 0 unspecified atom stereocenters. The number of carboxylic acids is 1. The molecule has 0 saturated heterocycles. The number of fused-ring (bicyclic) bond motifs is 1. The summed E-state index contributed by atoms with van der Waals surface area (Å²) in [7, 11) is 1.58. The Morgan fingerprint density at radius 1 is 0.964 bits per heavy atom. The smallest absolute Gasteiger partial charge is 0.356 e. The number of nitrogens with zero attached hydrogens (tertiary/aromatic N) is 1. The molecule has 1 heterocycles. The molecule has 1 aromatic heterocycles. The summed E-state index contributed by atoms with van der Waals surface area (Å²) >= 11 is 0. The van der Waals surface area contributed by atoms with Crippen molar-refractivity contribution in [3.05, 3.63) is 90.1 Å². The van der Waals surface area contributed by atoms with Crippen LogP contribution in [0.15, 0.2) is 78.9 Å². The molecule has 1 N–H and O–H groups in total. The number of methoxy groups -OCH3 is 1. The van der Waals surface area contributed by atoms with Crippen LogP contribution in [0.5, 0.6) is 11.5 Å². The van der Waals surface area contributed by atoms with E-state index >= 15 is 0 Å². The van der Waals surface area contributed by atoms with Gasteiger partial charge in [-0.15, -0.1) is 0 Å². The van der Waals surface area contributed by atoms with Crippen LogP contribution in [0.2, 0.25) is 0 Å². The minimum Gasteiger partial charge on any atom is -0.497 e. The number of carbonyl (C=O) groups is 1. The summed E-state index contributed by atoms with van der Waals surface area (Å²) in [5, 5.41) is 10.7. The SMILES string of the molecule is COc1ccc2c(c1)c(OCc1ccccc1)c(C(=O)O)n2-c1ccccc1. The summed E-state index contributed by atoms with van der Waals surface area (Å²) < 4.78 is 13.1. The average molecular weight is 373 g/mol. The number of aromatic carboxylic acids is 1. The molecule has 5 heteroatoms. The number of rotatable bonds is 6. The third-order valence-electron chi connectivity index (χ3n) is 4.57. The van der Waals surface area contributed by atoms with Gasteiger partial charge in [0.25, 0.3) is 0 Å². The van der Waals surface area contributed by atoms with Crippen molar-refractivity contribution in [1.29, 1.82) is 0 Å². The van der Waals surface area contributed by atoms with Gasteiger partial charge in [0, 0.05) is 11.1 Å². The summed E-state index contributed by atoms with van der Waals surface area (Å²) in [4.78, 5) is 12.2. The number of benzene rings is 3. The fourth-order valence-electron chi connectivity index (χ4n) is 3.28. The lowest BCUT2D eigenvalue weighted by atomic mass is 10.2. The van der Waals surface area contributed by atoms with Gasteiger partial charge in [-0.25, -0.2) is 4.79 Å². The van der Waals surface area contributed by atoms with Crippen LogP contribution in [0.3, 0.4) is 0 Å².